The van der Waals surface area contributed by atoms with Crippen LogP contribution in [-0.4, -0.2) is 15.9 Å². The molecule has 0 atom stereocenters. The third-order valence-corrected chi connectivity index (χ3v) is 2.67. The lowest BCUT2D eigenvalue weighted by Gasteiger charge is -1.99. The number of nitrogens with two attached hydrogens (primary N) is 1. The van der Waals surface area contributed by atoms with E-state index in [4.69, 9.17) is 18.0 Å². The molecule has 0 radical (unpaired) electrons. The molecule has 0 spiro atoms. The van der Waals surface area contributed by atoms with Gasteiger partial charge in [0.15, 0.2) is 10.2 Å². The van der Waals surface area contributed by atoms with Crippen molar-refractivity contribution in [2.24, 2.45) is 10.7 Å². The van der Waals surface area contributed by atoms with E-state index in [1.165, 1.54) is 4.88 Å². The van der Waals surface area contributed by atoms with Gasteiger partial charge in [0.1, 0.15) is 0 Å². The van der Waals surface area contributed by atoms with Gasteiger partial charge in [0.25, 0.3) is 0 Å². The van der Waals surface area contributed by atoms with Crippen molar-refractivity contribution in [3.8, 4) is 0 Å². The normalized spacial score (nSPS) is 11.7. The van der Waals surface area contributed by atoms with Gasteiger partial charge in [-0.3, -0.25) is 0 Å². The minimum absolute atomic E-state index is 0.129. The number of hydrogen-bond acceptors (Lipinski definition) is 3. The Morgan fingerprint density at radius 2 is 2.31 bits per heavy atom. The summed E-state index contributed by atoms with van der Waals surface area (Å²) in [5.41, 5.74) is 6.06. The summed E-state index contributed by atoms with van der Waals surface area (Å²) in [6.45, 7) is 1.86. The molecule has 1 aromatic rings. The van der Waals surface area contributed by atoms with Crippen molar-refractivity contribution in [3.63, 3.8) is 0 Å². The number of hydrogen-bond donors (Lipinski definition) is 2. The quantitative estimate of drug-likeness (QED) is 0.639. The van der Waals surface area contributed by atoms with Crippen LogP contribution >= 0.6 is 35.8 Å². The Bertz CT molecular complexity index is 432. The predicted molar refractivity (Wildman–Crippen MR) is 79.0 cm³/mol. The smallest absolute Gasteiger partial charge is 0.199 e. The number of rotatable bonds is 2. The van der Waals surface area contributed by atoms with Gasteiger partial charge in [0.2, 0.25) is 0 Å². The molecule has 0 fully saturated rings. The Hall–Kier alpha value is -1.11. The highest BCUT2D eigenvalue weighted by molar-refractivity contribution is 7.81. The van der Waals surface area contributed by atoms with Crippen LogP contribution in [0.1, 0.15) is 11.8 Å². The van der Waals surface area contributed by atoms with Crippen LogP contribution < -0.4 is 11.1 Å². The Morgan fingerprint density at radius 1 is 1.56 bits per heavy atom. The van der Waals surface area contributed by atoms with Crippen molar-refractivity contribution in [3.05, 3.63) is 28.5 Å². The number of nitrogens with zero attached hydrogens (tertiary/aromatic N) is 1. The number of aliphatic imine (C=N–C) groups is 1. The minimum atomic E-state index is 0.129. The van der Waals surface area contributed by atoms with E-state index in [2.05, 4.69) is 22.5 Å². The van der Waals surface area contributed by atoms with Gasteiger partial charge in [-0.15, -0.1) is 11.3 Å². The van der Waals surface area contributed by atoms with Gasteiger partial charge in [-0.2, -0.15) is 0 Å². The Morgan fingerprint density at radius 3 is 2.88 bits per heavy atom. The first kappa shape index (κ1) is 13.0. The van der Waals surface area contributed by atoms with Crippen molar-refractivity contribution >= 4 is 57.8 Å². The van der Waals surface area contributed by atoms with Crippen molar-refractivity contribution in [2.45, 2.75) is 6.92 Å². The van der Waals surface area contributed by atoms with Crippen LogP contribution in [0.4, 0.5) is 0 Å². The highest BCUT2D eigenvalue weighted by Gasteiger charge is 1.94. The Labute approximate surface area is 109 Å². The zero-order valence-electron chi connectivity index (χ0n) is 8.64. The van der Waals surface area contributed by atoms with Gasteiger partial charge >= 0.3 is 0 Å². The molecular weight excluding hydrogens is 258 g/mol. The fourth-order valence-electron chi connectivity index (χ4n) is 0.920. The van der Waals surface area contributed by atoms with Crippen molar-refractivity contribution < 1.29 is 0 Å². The molecule has 6 heteroatoms. The van der Waals surface area contributed by atoms with E-state index in [9.17, 15) is 0 Å². The second-order valence-electron chi connectivity index (χ2n) is 2.90. The van der Waals surface area contributed by atoms with Crippen LogP contribution in [0.3, 0.4) is 0 Å². The molecule has 16 heavy (non-hydrogen) atoms. The van der Waals surface area contributed by atoms with Crippen molar-refractivity contribution in [1.29, 1.82) is 0 Å². The van der Waals surface area contributed by atoms with E-state index in [-0.39, 0.29) is 10.2 Å². The first-order valence-corrected chi connectivity index (χ1v) is 6.15. The van der Waals surface area contributed by atoms with Crippen molar-refractivity contribution in [2.75, 3.05) is 0 Å². The summed E-state index contributed by atoms with van der Waals surface area (Å²) in [5, 5.41) is 5.01. The molecule has 0 amide bonds. The maximum Gasteiger partial charge on any atom is 0.199 e. The second-order valence-corrected chi connectivity index (χ2v) is 4.70. The molecule has 0 aliphatic carbocycles. The third kappa shape index (κ3) is 5.11. The zero-order chi connectivity index (χ0) is 12.0. The predicted octanol–water partition coefficient (Wildman–Crippen LogP) is 2.34. The first-order valence-electron chi connectivity index (χ1n) is 4.45. The molecule has 1 heterocycles. The van der Waals surface area contributed by atoms with Gasteiger partial charge in [-0.25, -0.2) is 4.99 Å². The van der Waals surface area contributed by atoms with Gasteiger partial charge in [0.05, 0.1) is 0 Å². The van der Waals surface area contributed by atoms with E-state index in [0.717, 1.165) is 5.71 Å². The highest BCUT2D eigenvalue weighted by atomic mass is 32.1. The van der Waals surface area contributed by atoms with Crippen LogP contribution in [-0.2, 0) is 0 Å². The lowest BCUT2D eigenvalue weighted by atomic mass is 10.3. The van der Waals surface area contributed by atoms with Gasteiger partial charge in [0, 0.05) is 10.6 Å². The minimum Gasteiger partial charge on any atom is -0.376 e. The van der Waals surface area contributed by atoms with Crippen LogP contribution in [0, 0.1) is 0 Å². The molecule has 1 aromatic heterocycles. The molecule has 0 aliphatic rings. The number of thiophene rings is 1. The molecule has 1 rings (SSSR count). The summed E-state index contributed by atoms with van der Waals surface area (Å²) in [7, 11) is 0. The number of thiocarbonyl (C=S) groups is 2. The molecule has 3 N–H and O–H groups in total. The van der Waals surface area contributed by atoms with E-state index in [1.807, 2.05) is 36.6 Å². The van der Waals surface area contributed by atoms with E-state index < -0.39 is 0 Å². The third-order valence-electron chi connectivity index (χ3n) is 1.54. The number of nitrogens with one attached hydrogen (secondary N) is 1. The monoisotopic (exact) mass is 269 g/mol. The highest BCUT2D eigenvalue weighted by Crippen LogP contribution is 2.10. The fraction of sp³-hybridized carbons (Fsp3) is 0.100. The first-order chi connectivity index (χ1) is 7.58. The van der Waals surface area contributed by atoms with Gasteiger partial charge < -0.3 is 11.1 Å². The molecule has 0 unspecified atom stereocenters. The average molecular weight is 269 g/mol. The molecular formula is C10H11N3S3. The standard InChI is InChI=1S/C10H11N3S3/c1-7(12-10(15)13-9(11)14)4-5-8-3-2-6-16-8/h2-6H,1H3,(H3,11,13,14,15)/b5-4+,12-7+. The summed E-state index contributed by atoms with van der Waals surface area (Å²) < 4.78 is 0. The molecule has 0 bridgehead atoms. The van der Waals surface area contributed by atoms with E-state index in [0.29, 0.717) is 0 Å². The number of allylic oxidation sites excluding steroid dienone is 1. The fourth-order valence-corrected chi connectivity index (χ4v) is 1.95. The molecule has 0 saturated carbocycles. The molecule has 84 valence electrons. The van der Waals surface area contributed by atoms with E-state index in [1.54, 1.807) is 11.3 Å². The van der Waals surface area contributed by atoms with Crippen LogP contribution in [0.15, 0.2) is 28.6 Å². The largest absolute Gasteiger partial charge is 0.376 e. The SMILES string of the molecule is CC(/C=C/c1cccs1)=N\C(=S)NC(N)=S. The summed E-state index contributed by atoms with van der Waals surface area (Å²) in [6.07, 6.45) is 3.87. The second kappa shape index (κ2) is 6.47. The topological polar surface area (TPSA) is 50.4 Å². The summed E-state index contributed by atoms with van der Waals surface area (Å²) >= 11 is 11.2. The zero-order valence-corrected chi connectivity index (χ0v) is 11.1. The average Bonchev–Trinajstić information content (AvgIpc) is 2.65. The Kier molecular flexibility index (Phi) is 5.24. The maximum atomic E-state index is 5.27. The summed E-state index contributed by atoms with van der Waals surface area (Å²) in [6, 6.07) is 4.02. The summed E-state index contributed by atoms with van der Waals surface area (Å²) in [5.74, 6) is 0. The lowest BCUT2D eigenvalue weighted by molar-refractivity contribution is 1.35. The van der Waals surface area contributed by atoms with E-state index >= 15 is 0 Å². The maximum absolute atomic E-state index is 5.27. The van der Waals surface area contributed by atoms with Gasteiger partial charge in [-0.05, 0) is 55.0 Å². The van der Waals surface area contributed by atoms with Crippen LogP contribution in [0.2, 0.25) is 0 Å². The Balaban J connectivity index is 2.57. The molecule has 0 aliphatic heterocycles. The lowest BCUT2D eigenvalue weighted by Crippen LogP contribution is -2.32. The van der Waals surface area contributed by atoms with Crippen LogP contribution in [0.25, 0.3) is 6.08 Å². The van der Waals surface area contributed by atoms with Gasteiger partial charge in [-0.1, -0.05) is 6.07 Å². The van der Waals surface area contributed by atoms with Crippen molar-refractivity contribution in [1.82, 2.24) is 5.32 Å². The molecule has 3 nitrogen and oxygen atoms in total. The molecule has 0 aromatic carbocycles. The molecule has 0 saturated heterocycles. The van der Waals surface area contributed by atoms with Crippen LogP contribution in [0.5, 0.6) is 0 Å². The summed E-state index contributed by atoms with van der Waals surface area (Å²) in [4.78, 5) is 5.27.